The summed E-state index contributed by atoms with van der Waals surface area (Å²) in [5.41, 5.74) is 1.37. The Morgan fingerprint density at radius 3 is 2.37 bits per heavy atom. The zero-order valence-electron chi connectivity index (χ0n) is 15.2. The van der Waals surface area contributed by atoms with Gasteiger partial charge in [-0.05, 0) is 42.8 Å². The van der Waals surface area contributed by atoms with E-state index < -0.39 is 21.9 Å². The number of hydrogen-bond donors (Lipinski definition) is 1. The van der Waals surface area contributed by atoms with Crippen LogP contribution in [-0.4, -0.2) is 45.8 Å². The maximum atomic E-state index is 12.7. The molecule has 2 aromatic carbocycles. The van der Waals surface area contributed by atoms with Crippen molar-refractivity contribution in [2.45, 2.75) is 11.8 Å². The van der Waals surface area contributed by atoms with Crippen LogP contribution in [0.4, 0.5) is 5.69 Å². The Labute approximate surface area is 162 Å². The zero-order valence-corrected chi connectivity index (χ0v) is 16.8. The van der Waals surface area contributed by atoms with Crippen LogP contribution in [0.15, 0.2) is 41.3 Å². The van der Waals surface area contributed by atoms with Gasteiger partial charge in [-0.2, -0.15) is 0 Å². The van der Waals surface area contributed by atoms with Gasteiger partial charge in [0.1, 0.15) is 0 Å². The summed E-state index contributed by atoms with van der Waals surface area (Å²) in [5.74, 6) is -1.14. The zero-order chi connectivity index (χ0) is 20.4. The molecule has 7 nitrogen and oxygen atoms in total. The smallest absolute Gasteiger partial charge is 0.337 e. The van der Waals surface area contributed by atoms with Crippen molar-refractivity contribution in [1.82, 2.24) is 4.31 Å². The Balaban J connectivity index is 2.41. The SMILES string of the molecule is COC(=O)c1ccc(C)c(NC(=O)c2cc(S(=O)(=O)N(C)C)ccc2Cl)c1. The van der Waals surface area contributed by atoms with Crippen LogP contribution < -0.4 is 5.32 Å². The highest BCUT2D eigenvalue weighted by Crippen LogP contribution is 2.24. The normalized spacial score (nSPS) is 11.3. The van der Waals surface area contributed by atoms with Crippen LogP contribution in [0.5, 0.6) is 0 Å². The molecule has 2 aromatic rings. The summed E-state index contributed by atoms with van der Waals surface area (Å²) in [6.45, 7) is 1.76. The van der Waals surface area contributed by atoms with Crippen LogP contribution in [0.3, 0.4) is 0 Å². The van der Waals surface area contributed by atoms with Gasteiger partial charge in [-0.15, -0.1) is 0 Å². The fraction of sp³-hybridized carbons (Fsp3) is 0.222. The number of amides is 1. The fourth-order valence-corrected chi connectivity index (χ4v) is 3.37. The first kappa shape index (κ1) is 20.9. The number of rotatable bonds is 5. The summed E-state index contributed by atoms with van der Waals surface area (Å²) < 4.78 is 30.3. The van der Waals surface area contributed by atoms with E-state index in [1.807, 2.05) is 0 Å². The van der Waals surface area contributed by atoms with Crippen LogP contribution in [0.25, 0.3) is 0 Å². The Morgan fingerprint density at radius 2 is 1.78 bits per heavy atom. The van der Waals surface area contributed by atoms with Gasteiger partial charge in [0, 0.05) is 19.8 Å². The third kappa shape index (κ3) is 4.47. The number of ether oxygens (including phenoxy) is 1. The lowest BCUT2D eigenvalue weighted by molar-refractivity contribution is 0.0600. The molecular formula is C18H19ClN2O5S. The quantitative estimate of drug-likeness (QED) is 0.765. The third-order valence-corrected chi connectivity index (χ3v) is 6.01. The van der Waals surface area contributed by atoms with E-state index in [9.17, 15) is 18.0 Å². The van der Waals surface area contributed by atoms with Gasteiger partial charge in [-0.3, -0.25) is 4.79 Å². The molecule has 0 bridgehead atoms. The van der Waals surface area contributed by atoms with Crippen molar-refractivity contribution in [1.29, 1.82) is 0 Å². The molecule has 0 aliphatic carbocycles. The Bertz CT molecular complexity index is 1000. The van der Waals surface area contributed by atoms with Gasteiger partial charge in [0.25, 0.3) is 5.91 Å². The van der Waals surface area contributed by atoms with Crippen molar-refractivity contribution in [3.05, 3.63) is 58.1 Å². The highest BCUT2D eigenvalue weighted by molar-refractivity contribution is 7.89. The summed E-state index contributed by atoms with van der Waals surface area (Å²) in [5, 5.41) is 2.76. The molecule has 0 unspecified atom stereocenters. The predicted octanol–water partition coefficient (Wildman–Crippen LogP) is 2.94. The molecule has 1 amide bonds. The molecule has 0 fully saturated rings. The van der Waals surface area contributed by atoms with Crippen LogP contribution in [0.1, 0.15) is 26.3 Å². The summed E-state index contributed by atoms with van der Waals surface area (Å²) >= 11 is 6.09. The minimum atomic E-state index is -3.72. The number of nitrogens with one attached hydrogen (secondary N) is 1. The van der Waals surface area contributed by atoms with E-state index in [0.29, 0.717) is 11.3 Å². The topological polar surface area (TPSA) is 92.8 Å². The second kappa shape index (κ2) is 8.08. The number of aryl methyl sites for hydroxylation is 1. The number of esters is 1. The highest BCUT2D eigenvalue weighted by atomic mass is 35.5. The van der Waals surface area contributed by atoms with Gasteiger partial charge in [0.15, 0.2) is 0 Å². The highest BCUT2D eigenvalue weighted by Gasteiger charge is 2.21. The van der Waals surface area contributed by atoms with Gasteiger partial charge >= 0.3 is 5.97 Å². The first-order chi connectivity index (χ1) is 12.6. The summed E-state index contributed by atoms with van der Waals surface area (Å²) in [6, 6.07) is 8.62. The molecule has 0 saturated carbocycles. The molecule has 1 N–H and O–H groups in total. The summed E-state index contributed by atoms with van der Waals surface area (Å²) in [4.78, 5) is 24.3. The van der Waals surface area contributed by atoms with Crippen LogP contribution in [0.2, 0.25) is 5.02 Å². The summed E-state index contributed by atoms with van der Waals surface area (Å²) in [6.07, 6.45) is 0. The lowest BCUT2D eigenvalue weighted by Gasteiger charge is -2.14. The maximum Gasteiger partial charge on any atom is 0.337 e. The molecule has 0 saturated heterocycles. The van der Waals surface area contributed by atoms with E-state index in [0.717, 1.165) is 4.31 Å². The molecule has 144 valence electrons. The van der Waals surface area contributed by atoms with E-state index in [-0.39, 0.29) is 21.0 Å². The number of methoxy groups -OCH3 is 1. The number of hydrogen-bond acceptors (Lipinski definition) is 5. The number of anilines is 1. The summed E-state index contributed by atoms with van der Waals surface area (Å²) in [7, 11) is 0.331. The first-order valence-electron chi connectivity index (χ1n) is 7.80. The molecule has 0 radical (unpaired) electrons. The monoisotopic (exact) mass is 410 g/mol. The van der Waals surface area contributed by atoms with Gasteiger partial charge in [0.05, 0.1) is 28.2 Å². The predicted molar refractivity (Wildman–Crippen MR) is 103 cm³/mol. The van der Waals surface area contributed by atoms with Gasteiger partial charge in [-0.1, -0.05) is 17.7 Å². The molecule has 9 heteroatoms. The van der Waals surface area contributed by atoms with E-state index >= 15 is 0 Å². The van der Waals surface area contributed by atoms with Crippen molar-refractivity contribution < 1.29 is 22.7 Å². The standard InChI is InChI=1S/C18H19ClN2O5S/c1-11-5-6-12(18(23)26-4)9-16(11)20-17(22)14-10-13(7-8-15(14)19)27(24,25)21(2)3/h5-10H,1-4H3,(H,20,22). The molecule has 0 aliphatic rings. The number of sulfonamides is 1. The molecule has 0 aliphatic heterocycles. The number of benzene rings is 2. The molecule has 0 atom stereocenters. The van der Waals surface area contributed by atoms with E-state index in [2.05, 4.69) is 10.1 Å². The van der Waals surface area contributed by atoms with Crippen molar-refractivity contribution in [2.24, 2.45) is 0 Å². The third-order valence-electron chi connectivity index (χ3n) is 3.87. The van der Waals surface area contributed by atoms with E-state index in [1.54, 1.807) is 19.1 Å². The minimum Gasteiger partial charge on any atom is -0.465 e. The molecule has 0 aromatic heterocycles. The lowest BCUT2D eigenvalue weighted by atomic mass is 10.1. The minimum absolute atomic E-state index is 0.00228. The van der Waals surface area contributed by atoms with Gasteiger partial charge in [-0.25, -0.2) is 17.5 Å². The lowest BCUT2D eigenvalue weighted by Crippen LogP contribution is -2.23. The first-order valence-corrected chi connectivity index (χ1v) is 9.62. The second-order valence-corrected chi connectivity index (χ2v) is 8.46. The second-order valence-electron chi connectivity index (χ2n) is 5.90. The van der Waals surface area contributed by atoms with Gasteiger partial charge in [0.2, 0.25) is 10.0 Å². The Morgan fingerprint density at radius 1 is 1.11 bits per heavy atom. The molecule has 0 heterocycles. The maximum absolute atomic E-state index is 12.7. The fourth-order valence-electron chi connectivity index (χ4n) is 2.24. The molecular weight excluding hydrogens is 392 g/mol. The van der Waals surface area contributed by atoms with Crippen molar-refractivity contribution in [3.63, 3.8) is 0 Å². The Kier molecular flexibility index (Phi) is 6.25. The number of halogens is 1. The van der Waals surface area contributed by atoms with E-state index in [4.69, 9.17) is 11.6 Å². The largest absolute Gasteiger partial charge is 0.465 e. The Hall–Kier alpha value is -2.42. The molecule has 0 spiro atoms. The van der Waals surface area contributed by atoms with Crippen molar-refractivity contribution in [3.8, 4) is 0 Å². The van der Waals surface area contributed by atoms with E-state index in [1.165, 1.54) is 45.5 Å². The number of carbonyl (C=O) groups excluding carboxylic acids is 2. The molecule has 2 rings (SSSR count). The van der Waals surface area contributed by atoms with Crippen molar-refractivity contribution in [2.75, 3.05) is 26.5 Å². The van der Waals surface area contributed by atoms with Crippen LogP contribution in [0, 0.1) is 6.92 Å². The average molecular weight is 411 g/mol. The molecule has 27 heavy (non-hydrogen) atoms. The van der Waals surface area contributed by atoms with Crippen LogP contribution >= 0.6 is 11.6 Å². The van der Waals surface area contributed by atoms with Crippen molar-refractivity contribution >= 4 is 39.2 Å². The number of nitrogens with zero attached hydrogens (tertiary/aromatic N) is 1. The average Bonchev–Trinajstić information content (AvgIpc) is 2.62. The van der Waals surface area contributed by atoms with Gasteiger partial charge < -0.3 is 10.1 Å². The van der Waals surface area contributed by atoms with Crippen LogP contribution in [-0.2, 0) is 14.8 Å². The number of carbonyl (C=O) groups is 2.